The normalized spacial score (nSPS) is 28.8. The van der Waals surface area contributed by atoms with Gasteiger partial charge in [-0.1, -0.05) is 11.9 Å². The summed E-state index contributed by atoms with van der Waals surface area (Å²) in [5, 5.41) is 0. The van der Waals surface area contributed by atoms with Crippen LogP contribution < -0.4 is 0 Å². The van der Waals surface area contributed by atoms with Crippen molar-refractivity contribution < 1.29 is 4.74 Å². The average molecular weight is 161 g/mol. The number of methoxy groups -OCH3 is 1. The third kappa shape index (κ3) is 2.15. The molecule has 0 aliphatic carbocycles. The fraction of sp³-hybridized carbons (Fsp3) is 1.00. The van der Waals surface area contributed by atoms with Crippen molar-refractivity contribution in [3.05, 3.63) is 0 Å². The van der Waals surface area contributed by atoms with Gasteiger partial charge in [0.1, 0.15) is 0 Å². The van der Waals surface area contributed by atoms with Crippen molar-refractivity contribution in [3.63, 3.8) is 0 Å². The van der Waals surface area contributed by atoms with Crippen molar-refractivity contribution in [1.82, 2.24) is 4.31 Å². The van der Waals surface area contributed by atoms with Gasteiger partial charge in [-0.3, -0.25) is 0 Å². The van der Waals surface area contributed by atoms with Gasteiger partial charge in [-0.2, -0.15) is 0 Å². The highest BCUT2D eigenvalue weighted by Crippen LogP contribution is 2.17. The molecule has 0 aromatic rings. The molecule has 1 unspecified atom stereocenters. The molecule has 0 aromatic heterocycles. The fourth-order valence-electron chi connectivity index (χ4n) is 1.26. The average Bonchev–Trinajstić information content (AvgIpc) is 2.05. The molecule has 60 valence electrons. The fourth-order valence-corrected chi connectivity index (χ4v) is 1.89. The largest absolute Gasteiger partial charge is 0.380 e. The van der Waals surface area contributed by atoms with Crippen molar-refractivity contribution in [3.8, 4) is 0 Å². The first-order chi connectivity index (χ1) is 4.86. The van der Waals surface area contributed by atoms with Gasteiger partial charge >= 0.3 is 0 Å². The molecule has 1 fully saturated rings. The summed E-state index contributed by atoms with van der Waals surface area (Å²) in [5.41, 5.74) is 0. The first kappa shape index (κ1) is 8.37. The standard InChI is InChI=1S/C7H15NOS/c1-9-7-4-3-5-8(6-7)10-2/h7H,3-6H2,1-2H3. The Labute approximate surface area is 67.1 Å². The van der Waals surface area contributed by atoms with Crippen LogP contribution in [0, 0.1) is 0 Å². The molecule has 10 heavy (non-hydrogen) atoms. The van der Waals surface area contributed by atoms with Gasteiger partial charge in [0, 0.05) is 20.2 Å². The van der Waals surface area contributed by atoms with E-state index in [0.29, 0.717) is 6.10 Å². The summed E-state index contributed by atoms with van der Waals surface area (Å²) in [6, 6.07) is 0. The Morgan fingerprint density at radius 1 is 1.60 bits per heavy atom. The van der Waals surface area contributed by atoms with Gasteiger partial charge in [-0.05, 0) is 19.1 Å². The van der Waals surface area contributed by atoms with Crippen LogP contribution in [-0.2, 0) is 4.74 Å². The molecule has 1 heterocycles. The summed E-state index contributed by atoms with van der Waals surface area (Å²) < 4.78 is 7.63. The second-order valence-corrected chi connectivity index (χ2v) is 3.45. The molecule has 0 aromatic carbocycles. The summed E-state index contributed by atoms with van der Waals surface area (Å²) >= 11 is 1.82. The smallest absolute Gasteiger partial charge is 0.0708 e. The Balaban J connectivity index is 2.25. The zero-order chi connectivity index (χ0) is 7.40. The van der Waals surface area contributed by atoms with Crippen LogP contribution in [0.5, 0.6) is 0 Å². The maximum absolute atomic E-state index is 5.27. The number of hydrogen-bond acceptors (Lipinski definition) is 3. The maximum atomic E-state index is 5.27. The van der Waals surface area contributed by atoms with E-state index < -0.39 is 0 Å². The third-order valence-electron chi connectivity index (χ3n) is 1.93. The van der Waals surface area contributed by atoms with Crippen LogP contribution >= 0.6 is 11.9 Å². The number of hydrogen-bond donors (Lipinski definition) is 0. The molecule has 1 atom stereocenters. The van der Waals surface area contributed by atoms with E-state index in [0.717, 1.165) is 6.54 Å². The summed E-state index contributed by atoms with van der Waals surface area (Å²) in [6.07, 6.45) is 5.10. The highest BCUT2D eigenvalue weighted by molar-refractivity contribution is 7.96. The molecule has 1 aliphatic rings. The highest BCUT2D eigenvalue weighted by Gasteiger charge is 2.17. The SMILES string of the molecule is COC1CCCN(SC)C1. The molecule has 0 amide bonds. The predicted octanol–water partition coefficient (Wildman–Crippen LogP) is 1.38. The van der Waals surface area contributed by atoms with Crippen LogP contribution in [0.4, 0.5) is 0 Å². The molecule has 0 N–H and O–H groups in total. The van der Waals surface area contributed by atoms with Crippen LogP contribution in [-0.4, -0.2) is 36.9 Å². The predicted molar refractivity (Wildman–Crippen MR) is 45.1 cm³/mol. The Morgan fingerprint density at radius 2 is 2.40 bits per heavy atom. The van der Waals surface area contributed by atoms with Gasteiger partial charge in [0.05, 0.1) is 6.10 Å². The van der Waals surface area contributed by atoms with Crippen LogP contribution in [0.15, 0.2) is 0 Å². The Morgan fingerprint density at radius 3 is 3.00 bits per heavy atom. The monoisotopic (exact) mass is 161 g/mol. The van der Waals surface area contributed by atoms with Gasteiger partial charge < -0.3 is 4.74 Å². The van der Waals surface area contributed by atoms with Crippen molar-refractivity contribution in [2.75, 3.05) is 26.5 Å². The topological polar surface area (TPSA) is 12.5 Å². The van der Waals surface area contributed by atoms with Crippen molar-refractivity contribution in [1.29, 1.82) is 0 Å². The maximum Gasteiger partial charge on any atom is 0.0708 e. The van der Waals surface area contributed by atoms with Crippen molar-refractivity contribution in [2.24, 2.45) is 0 Å². The van der Waals surface area contributed by atoms with E-state index in [4.69, 9.17) is 4.74 Å². The Kier molecular flexibility index (Phi) is 3.52. The lowest BCUT2D eigenvalue weighted by Gasteiger charge is -2.29. The van der Waals surface area contributed by atoms with E-state index in [1.807, 2.05) is 11.9 Å². The first-order valence-corrected chi connectivity index (χ1v) is 4.87. The molecular weight excluding hydrogens is 146 g/mol. The minimum absolute atomic E-state index is 0.473. The van der Waals surface area contributed by atoms with E-state index in [2.05, 4.69) is 10.6 Å². The number of nitrogens with zero attached hydrogens (tertiary/aromatic N) is 1. The van der Waals surface area contributed by atoms with Crippen LogP contribution in [0.25, 0.3) is 0 Å². The Bertz CT molecular complexity index is 89.6. The summed E-state index contributed by atoms with van der Waals surface area (Å²) in [4.78, 5) is 0. The van der Waals surface area contributed by atoms with E-state index in [-0.39, 0.29) is 0 Å². The number of ether oxygens (including phenoxy) is 1. The first-order valence-electron chi connectivity index (χ1n) is 3.68. The summed E-state index contributed by atoms with van der Waals surface area (Å²) in [5.74, 6) is 0. The number of rotatable bonds is 2. The summed E-state index contributed by atoms with van der Waals surface area (Å²) in [6.45, 7) is 2.32. The lowest BCUT2D eigenvalue weighted by atomic mass is 10.1. The van der Waals surface area contributed by atoms with Gasteiger partial charge in [0.25, 0.3) is 0 Å². The Hall–Kier alpha value is 0.270. The highest BCUT2D eigenvalue weighted by atomic mass is 32.2. The lowest BCUT2D eigenvalue weighted by molar-refractivity contribution is 0.0602. The van der Waals surface area contributed by atoms with Gasteiger partial charge in [-0.25, -0.2) is 4.31 Å². The number of piperidine rings is 1. The zero-order valence-corrected chi connectivity index (χ0v) is 7.49. The van der Waals surface area contributed by atoms with Crippen LogP contribution in [0.1, 0.15) is 12.8 Å². The van der Waals surface area contributed by atoms with E-state index >= 15 is 0 Å². The molecular formula is C7H15NOS. The molecule has 0 saturated carbocycles. The molecule has 3 heteroatoms. The van der Waals surface area contributed by atoms with E-state index in [1.165, 1.54) is 19.4 Å². The molecule has 1 saturated heterocycles. The van der Waals surface area contributed by atoms with Crippen LogP contribution in [0.2, 0.25) is 0 Å². The zero-order valence-electron chi connectivity index (χ0n) is 6.67. The molecule has 1 aliphatic heterocycles. The second kappa shape index (κ2) is 4.21. The molecule has 0 bridgehead atoms. The van der Waals surface area contributed by atoms with E-state index in [9.17, 15) is 0 Å². The van der Waals surface area contributed by atoms with Crippen LogP contribution in [0.3, 0.4) is 0 Å². The van der Waals surface area contributed by atoms with Crippen molar-refractivity contribution in [2.45, 2.75) is 18.9 Å². The minimum atomic E-state index is 0.473. The lowest BCUT2D eigenvalue weighted by Crippen LogP contribution is -2.34. The van der Waals surface area contributed by atoms with E-state index in [1.54, 1.807) is 7.11 Å². The molecule has 1 rings (SSSR count). The molecule has 0 radical (unpaired) electrons. The van der Waals surface area contributed by atoms with Gasteiger partial charge in [-0.15, -0.1) is 0 Å². The van der Waals surface area contributed by atoms with Crippen molar-refractivity contribution >= 4 is 11.9 Å². The summed E-state index contributed by atoms with van der Waals surface area (Å²) in [7, 11) is 1.80. The van der Waals surface area contributed by atoms with Gasteiger partial charge in [0.2, 0.25) is 0 Å². The molecule has 0 spiro atoms. The quantitative estimate of drug-likeness (QED) is 0.568. The second-order valence-electron chi connectivity index (χ2n) is 2.57. The van der Waals surface area contributed by atoms with Gasteiger partial charge in [0.15, 0.2) is 0 Å². The minimum Gasteiger partial charge on any atom is -0.380 e. The third-order valence-corrected chi connectivity index (χ3v) is 2.78. The molecule has 2 nitrogen and oxygen atoms in total.